The Kier molecular flexibility index (Phi) is 3.11. The lowest BCUT2D eigenvalue weighted by molar-refractivity contribution is 0.393. The van der Waals surface area contributed by atoms with E-state index < -0.39 is 0 Å². The molecule has 1 aliphatic carbocycles. The smallest absolute Gasteiger partial charge is 0.00198 e. The zero-order valence-electron chi connectivity index (χ0n) is 10.0. The minimum atomic E-state index is 0.708. The first-order chi connectivity index (χ1) is 7.22. The molecule has 1 aromatic rings. The Hall–Kier alpha value is -0.820. The van der Waals surface area contributed by atoms with Crippen LogP contribution in [0.4, 0.5) is 0 Å². The van der Waals surface area contributed by atoms with Crippen LogP contribution >= 0.6 is 0 Å². The molecule has 0 heterocycles. The summed E-state index contributed by atoms with van der Waals surface area (Å²) in [6.45, 7) is 5.67. The first-order valence-corrected chi connectivity index (χ1v) is 5.96. The largest absolute Gasteiger partial charge is 0.319 e. The zero-order chi connectivity index (χ0) is 10.8. The van der Waals surface area contributed by atoms with Crippen molar-refractivity contribution in [2.45, 2.75) is 32.6 Å². The van der Waals surface area contributed by atoms with E-state index in [1.54, 1.807) is 11.1 Å². The summed E-state index contributed by atoms with van der Waals surface area (Å²) < 4.78 is 0. The van der Waals surface area contributed by atoms with Gasteiger partial charge in [0.05, 0.1) is 0 Å². The SMILES string of the molecule is CNCC1c2ccc(C)cc2CCC1C. The lowest BCUT2D eigenvalue weighted by Crippen LogP contribution is -2.27. The van der Waals surface area contributed by atoms with Crippen LogP contribution in [0.1, 0.15) is 36.0 Å². The molecule has 1 aromatic carbocycles. The number of nitrogens with one attached hydrogen (secondary N) is 1. The van der Waals surface area contributed by atoms with Gasteiger partial charge in [-0.15, -0.1) is 0 Å². The number of benzene rings is 1. The van der Waals surface area contributed by atoms with Gasteiger partial charge in [0.2, 0.25) is 0 Å². The van der Waals surface area contributed by atoms with Gasteiger partial charge in [0.15, 0.2) is 0 Å². The molecule has 0 bridgehead atoms. The predicted octanol–water partition coefficient (Wildman–Crippen LogP) is 2.88. The van der Waals surface area contributed by atoms with Crippen LogP contribution in [0.5, 0.6) is 0 Å². The summed E-state index contributed by atoms with van der Waals surface area (Å²) in [6, 6.07) is 6.95. The second-order valence-electron chi connectivity index (χ2n) is 4.88. The standard InChI is InChI=1S/C14H21N/c1-10-4-7-13-12(8-10)6-5-11(2)14(13)9-15-3/h4,7-8,11,14-15H,5-6,9H2,1-3H3. The third-order valence-electron chi connectivity index (χ3n) is 3.68. The van der Waals surface area contributed by atoms with Gasteiger partial charge in [-0.05, 0) is 49.8 Å². The van der Waals surface area contributed by atoms with Crippen molar-refractivity contribution >= 4 is 0 Å². The highest BCUT2D eigenvalue weighted by atomic mass is 14.8. The quantitative estimate of drug-likeness (QED) is 0.779. The highest BCUT2D eigenvalue weighted by Gasteiger charge is 2.25. The Morgan fingerprint density at radius 2 is 2.20 bits per heavy atom. The molecule has 82 valence electrons. The summed E-state index contributed by atoms with van der Waals surface area (Å²) in [6.07, 6.45) is 2.60. The molecule has 2 unspecified atom stereocenters. The zero-order valence-corrected chi connectivity index (χ0v) is 10.0. The van der Waals surface area contributed by atoms with E-state index in [4.69, 9.17) is 0 Å². The van der Waals surface area contributed by atoms with E-state index in [0.29, 0.717) is 5.92 Å². The van der Waals surface area contributed by atoms with Gasteiger partial charge in [0.1, 0.15) is 0 Å². The van der Waals surface area contributed by atoms with Crippen molar-refractivity contribution < 1.29 is 0 Å². The van der Waals surface area contributed by atoms with Crippen LogP contribution in [-0.2, 0) is 6.42 Å². The molecule has 2 rings (SSSR count). The fraction of sp³-hybridized carbons (Fsp3) is 0.571. The molecule has 1 nitrogen and oxygen atoms in total. The highest BCUT2D eigenvalue weighted by Crippen LogP contribution is 2.35. The maximum absolute atomic E-state index is 3.32. The number of fused-ring (bicyclic) bond motifs is 1. The number of rotatable bonds is 2. The molecule has 0 aromatic heterocycles. The van der Waals surface area contributed by atoms with Crippen LogP contribution in [0.3, 0.4) is 0 Å². The van der Waals surface area contributed by atoms with Crippen molar-refractivity contribution in [1.29, 1.82) is 0 Å². The number of hydrogen-bond acceptors (Lipinski definition) is 1. The molecule has 1 heteroatoms. The predicted molar refractivity (Wildman–Crippen MR) is 65.3 cm³/mol. The van der Waals surface area contributed by atoms with Crippen LogP contribution in [0, 0.1) is 12.8 Å². The van der Waals surface area contributed by atoms with Crippen molar-refractivity contribution in [2.24, 2.45) is 5.92 Å². The Labute approximate surface area is 92.9 Å². The molecule has 0 aliphatic heterocycles. The third kappa shape index (κ3) is 2.07. The number of likely N-dealkylation sites (N-methyl/N-ethyl adjacent to an activating group) is 1. The Balaban J connectivity index is 2.34. The normalized spacial score (nSPS) is 25.0. The monoisotopic (exact) mass is 203 g/mol. The average Bonchev–Trinajstić information content (AvgIpc) is 2.22. The Morgan fingerprint density at radius 3 is 2.93 bits per heavy atom. The van der Waals surface area contributed by atoms with Crippen LogP contribution < -0.4 is 5.32 Å². The summed E-state index contributed by atoms with van der Waals surface area (Å²) in [5.41, 5.74) is 4.55. The van der Waals surface area contributed by atoms with E-state index in [1.165, 1.54) is 18.4 Å². The summed E-state index contributed by atoms with van der Waals surface area (Å²) in [5, 5.41) is 3.32. The van der Waals surface area contributed by atoms with Crippen molar-refractivity contribution in [1.82, 2.24) is 5.32 Å². The van der Waals surface area contributed by atoms with E-state index in [-0.39, 0.29) is 0 Å². The first kappa shape index (κ1) is 10.7. The fourth-order valence-electron chi connectivity index (χ4n) is 2.73. The molecule has 1 N–H and O–H groups in total. The summed E-state index contributed by atoms with van der Waals surface area (Å²) in [7, 11) is 2.05. The second kappa shape index (κ2) is 4.36. The highest BCUT2D eigenvalue weighted by molar-refractivity contribution is 5.36. The molecule has 1 aliphatic rings. The van der Waals surface area contributed by atoms with Crippen LogP contribution in [0.25, 0.3) is 0 Å². The van der Waals surface area contributed by atoms with Gasteiger partial charge < -0.3 is 5.32 Å². The van der Waals surface area contributed by atoms with E-state index in [1.807, 2.05) is 0 Å². The maximum atomic E-state index is 3.32. The van der Waals surface area contributed by atoms with Crippen molar-refractivity contribution in [3.63, 3.8) is 0 Å². The molecule has 15 heavy (non-hydrogen) atoms. The van der Waals surface area contributed by atoms with E-state index in [9.17, 15) is 0 Å². The maximum Gasteiger partial charge on any atom is 0.00198 e. The fourth-order valence-corrected chi connectivity index (χ4v) is 2.73. The van der Waals surface area contributed by atoms with Crippen LogP contribution in [0.2, 0.25) is 0 Å². The van der Waals surface area contributed by atoms with Crippen LogP contribution in [0.15, 0.2) is 18.2 Å². The molecular formula is C14H21N. The molecule has 0 fully saturated rings. The minimum Gasteiger partial charge on any atom is -0.319 e. The van der Waals surface area contributed by atoms with Crippen molar-refractivity contribution in [3.05, 3.63) is 34.9 Å². The summed E-state index contributed by atoms with van der Waals surface area (Å²) in [4.78, 5) is 0. The van der Waals surface area contributed by atoms with E-state index in [2.05, 4.69) is 44.4 Å². The minimum absolute atomic E-state index is 0.708. The van der Waals surface area contributed by atoms with Crippen molar-refractivity contribution in [2.75, 3.05) is 13.6 Å². The molecule has 0 saturated carbocycles. The van der Waals surface area contributed by atoms with Gasteiger partial charge in [-0.2, -0.15) is 0 Å². The van der Waals surface area contributed by atoms with Crippen molar-refractivity contribution in [3.8, 4) is 0 Å². The summed E-state index contributed by atoms with van der Waals surface area (Å²) in [5.74, 6) is 1.52. The van der Waals surface area contributed by atoms with Gasteiger partial charge >= 0.3 is 0 Å². The molecule has 2 atom stereocenters. The van der Waals surface area contributed by atoms with Gasteiger partial charge in [-0.25, -0.2) is 0 Å². The van der Waals surface area contributed by atoms with Gasteiger partial charge in [0.25, 0.3) is 0 Å². The summed E-state index contributed by atoms with van der Waals surface area (Å²) >= 11 is 0. The molecule has 0 spiro atoms. The first-order valence-electron chi connectivity index (χ1n) is 5.96. The van der Waals surface area contributed by atoms with Gasteiger partial charge in [-0.3, -0.25) is 0 Å². The lowest BCUT2D eigenvalue weighted by atomic mass is 9.75. The molecular weight excluding hydrogens is 182 g/mol. The lowest BCUT2D eigenvalue weighted by Gasteiger charge is -2.31. The van der Waals surface area contributed by atoms with E-state index in [0.717, 1.165) is 12.5 Å². The molecule has 0 saturated heterocycles. The Morgan fingerprint density at radius 1 is 1.40 bits per heavy atom. The Bertz CT molecular complexity index is 343. The topological polar surface area (TPSA) is 12.0 Å². The third-order valence-corrected chi connectivity index (χ3v) is 3.68. The average molecular weight is 203 g/mol. The number of aryl methyl sites for hydroxylation is 2. The van der Waals surface area contributed by atoms with Gasteiger partial charge in [-0.1, -0.05) is 30.7 Å². The second-order valence-corrected chi connectivity index (χ2v) is 4.88. The molecule has 0 radical (unpaired) electrons. The van der Waals surface area contributed by atoms with Gasteiger partial charge in [0, 0.05) is 6.54 Å². The number of hydrogen-bond donors (Lipinski definition) is 1. The van der Waals surface area contributed by atoms with Crippen LogP contribution in [-0.4, -0.2) is 13.6 Å². The molecule has 0 amide bonds. The van der Waals surface area contributed by atoms with E-state index >= 15 is 0 Å².